The van der Waals surface area contributed by atoms with Gasteiger partial charge in [-0.05, 0) is 70.8 Å². The predicted octanol–water partition coefficient (Wildman–Crippen LogP) is 5.91. The van der Waals surface area contributed by atoms with E-state index in [2.05, 4.69) is 0 Å². The van der Waals surface area contributed by atoms with Crippen LogP contribution >= 0.6 is 0 Å². The summed E-state index contributed by atoms with van der Waals surface area (Å²) >= 11 is 0. The Kier molecular flexibility index (Phi) is 6.54. The van der Waals surface area contributed by atoms with E-state index >= 15 is 0 Å². The number of methoxy groups -OCH3 is 2. The van der Waals surface area contributed by atoms with Crippen LogP contribution < -0.4 is 9.47 Å². The Morgan fingerprint density at radius 1 is 0.486 bits per heavy atom. The zero-order valence-electron chi connectivity index (χ0n) is 20.4. The van der Waals surface area contributed by atoms with Gasteiger partial charge in [0.25, 0.3) is 0 Å². The molecule has 0 radical (unpaired) electrons. The molecule has 0 aliphatic carbocycles. The van der Waals surface area contributed by atoms with Crippen LogP contribution in [0.5, 0.6) is 34.5 Å². The van der Waals surface area contributed by atoms with Gasteiger partial charge in [0.2, 0.25) is 0 Å². The fourth-order valence-corrected chi connectivity index (χ4v) is 5.20. The number of benzene rings is 4. The molecule has 4 N–H and O–H groups in total. The number of phenols is 4. The highest BCUT2D eigenvalue weighted by Gasteiger charge is 2.47. The number of phenolic OH excluding ortho intramolecular Hbond substituents is 4. The van der Waals surface area contributed by atoms with Gasteiger partial charge in [-0.15, -0.1) is 0 Å². The first kappa shape index (κ1) is 24.3. The van der Waals surface area contributed by atoms with E-state index in [-0.39, 0.29) is 34.8 Å². The van der Waals surface area contributed by atoms with Crippen molar-refractivity contribution in [3.05, 3.63) is 107 Å². The molecule has 4 aromatic rings. The summed E-state index contributed by atoms with van der Waals surface area (Å²) in [4.78, 5) is 0. The van der Waals surface area contributed by atoms with Gasteiger partial charge in [-0.2, -0.15) is 0 Å². The second kappa shape index (κ2) is 9.95. The zero-order chi connectivity index (χ0) is 26.1. The maximum atomic E-state index is 10.4. The molecule has 0 aromatic heterocycles. The van der Waals surface area contributed by atoms with E-state index in [1.165, 1.54) is 6.07 Å². The third-order valence-electron chi connectivity index (χ3n) is 6.84. The summed E-state index contributed by atoms with van der Waals surface area (Å²) < 4.78 is 17.9. The van der Waals surface area contributed by atoms with E-state index in [4.69, 9.17) is 14.2 Å². The zero-order valence-corrected chi connectivity index (χ0v) is 20.4. The lowest BCUT2D eigenvalue weighted by Crippen LogP contribution is -2.14. The van der Waals surface area contributed by atoms with E-state index in [1.807, 2.05) is 24.3 Å². The molecule has 7 heteroatoms. The standard InChI is InChI=1S/C30H28O7/c1-35-25-13-20(14-26(16-25)36-2)28-27(19-11-23(33)15-24(34)12-19)29(17-3-7-21(31)8-4-17)37-30(28)18-5-9-22(32)10-6-18/h3-16,27-34H,1-2H3/t27-,28-,29-,30+/m1/s1. The van der Waals surface area contributed by atoms with Gasteiger partial charge in [0.05, 0.1) is 26.4 Å². The van der Waals surface area contributed by atoms with E-state index < -0.39 is 12.2 Å². The Morgan fingerprint density at radius 2 is 0.892 bits per heavy atom. The Hall–Kier alpha value is -4.36. The summed E-state index contributed by atoms with van der Waals surface area (Å²) in [6.45, 7) is 0. The molecule has 5 rings (SSSR count). The topological polar surface area (TPSA) is 109 Å². The van der Waals surface area contributed by atoms with Crippen molar-refractivity contribution in [2.24, 2.45) is 0 Å². The molecule has 4 aromatic carbocycles. The summed E-state index contributed by atoms with van der Waals surface area (Å²) in [5.74, 6) is 0.716. The molecule has 1 saturated heterocycles. The number of hydrogen-bond acceptors (Lipinski definition) is 7. The molecule has 1 aliphatic heterocycles. The van der Waals surface area contributed by atoms with Crippen molar-refractivity contribution in [2.75, 3.05) is 14.2 Å². The van der Waals surface area contributed by atoms with Crippen molar-refractivity contribution >= 4 is 0 Å². The summed E-state index contributed by atoms with van der Waals surface area (Å²) in [6, 6.07) is 23.9. The lowest BCUT2D eigenvalue weighted by molar-refractivity contribution is 0.0366. The molecule has 0 bridgehead atoms. The highest BCUT2D eigenvalue weighted by atomic mass is 16.5. The first-order chi connectivity index (χ1) is 17.9. The summed E-state index contributed by atoms with van der Waals surface area (Å²) in [7, 11) is 3.18. The normalized spacial score (nSPS) is 21.0. The number of hydrogen-bond donors (Lipinski definition) is 4. The van der Waals surface area contributed by atoms with Gasteiger partial charge < -0.3 is 34.6 Å². The molecular formula is C30H28O7. The molecule has 7 nitrogen and oxygen atoms in total. The summed E-state index contributed by atoms with van der Waals surface area (Å²) in [6.07, 6.45) is -0.964. The summed E-state index contributed by atoms with van der Waals surface area (Å²) in [5, 5.41) is 40.6. The van der Waals surface area contributed by atoms with E-state index in [1.54, 1.807) is 68.8 Å². The largest absolute Gasteiger partial charge is 0.508 e. The van der Waals surface area contributed by atoms with Gasteiger partial charge in [-0.3, -0.25) is 0 Å². The average molecular weight is 501 g/mol. The third kappa shape index (κ3) is 4.86. The third-order valence-corrected chi connectivity index (χ3v) is 6.84. The van der Waals surface area contributed by atoms with Gasteiger partial charge in [0, 0.05) is 24.0 Å². The van der Waals surface area contributed by atoms with Crippen LogP contribution in [-0.4, -0.2) is 34.6 Å². The van der Waals surface area contributed by atoms with Crippen molar-refractivity contribution in [2.45, 2.75) is 24.0 Å². The average Bonchev–Trinajstić information content (AvgIpc) is 3.29. The molecule has 1 heterocycles. The van der Waals surface area contributed by atoms with Gasteiger partial charge >= 0.3 is 0 Å². The van der Waals surface area contributed by atoms with Gasteiger partial charge in [0.1, 0.15) is 34.5 Å². The number of rotatable bonds is 6. The van der Waals surface area contributed by atoms with Gasteiger partial charge in [0.15, 0.2) is 0 Å². The minimum absolute atomic E-state index is 0.0606. The number of aromatic hydroxyl groups is 4. The van der Waals surface area contributed by atoms with E-state index in [0.29, 0.717) is 17.1 Å². The quantitative estimate of drug-likeness (QED) is 0.261. The molecule has 37 heavy (non-hydrogen) atoms. The van der Waals surface area contributed by atoms with Crippen LogP contribution in [0.25, 0.3) is 0 Å². The first-order valence-electron chi connectivity index (χ1n) is 11.9. The second-order valence-electron chi connectivity index (χ2n) is 9.14. The fourth-order valence-electron chi connectivity index (χ4n) is 5.20. The Bertz CT molecular complexity index is 1340. The monoisotopic (exact) mass is 500 g/mol. The maximum Gasteiger partial charge on any atom is 0.122 e. The van der Waals surface area contributed by atoms with Crippen molar-refractivity contribution < 1.29 is 34.6 Å². The molecule has 0 amide bonds. The van der Waals surface area contributed by atoms with Gasteiger partial charge in [-0.25, -0.2) is 0 Å². The van der Waals surface area contributed by atoms with Crippen LogP contribution in [0.2, 0.25) is 0 Å². The van der Waals surface area contributed by atoms with Crippen molar-refractivity contribution in [3.8, 4) is 34.5 Å². The summed E-state index contributed by atoms with van der Waals surface area (Å²) in [5.41, 5.74) is 3.24. The van der Waals surface area contributed by atoms with E-state index in [9.17, 15) is 20.4 Å². The Morgan fingerprint density at radius 3 is 1.30 bits per heavy atom. The molecule has 190 valence electrons. The molecule has 0 unspecified atom stereocenters. The molecule has 1 fully saturated rings. The second-order valence-corrected chi connectivity index (χ2v) is 9.14. The van der Waals surface area contributed by atoms with Crippen molar-refractivity contribution in [1.82, 2.24) is 0 Å². The smallest absolute Gasteiger partial charge is 0.122 e. The Balaban J connectivity index is 1.75. The van der Waals surface area contributed by atoms with Crippen LogP contribution in [-0.2, 0) is 4.74 Å². The van der Waals surface area contributed by atoms with Crippen LogP contribution in [0.4, 0.5) is 0 Å². The van der Waals surface area contributed by atoms with Crippen molar-refractivity contribution in [3.63, 3.8) is 0 Å². The minimum atomic E-state index is -0.497. The SMILES string of the molecule is COc1cc(OC)cc([C@@H]2[C@@H](c3cc(O)cc(O)c3)[C@@H](c3ccc(O)cc3)O[C@H]2c2ccc(O)cc2)c1. The molecular weight excluding hydrogens is 472 g/mol. The first-order valence-corrected chi connectivity index (χ1v) is 11.9. The predicted molar refractivity (Wildman–Crippen MR) is 138 cm³/mol. The molecule has 4 atom stereocenters. The van der Waals surface area contributed by atoms with Crippen LogP contribution in [0, 0.1) is 0 Å². The van der Waals surface area contributed by atoms with Crippen LogP contribution in [0.1, 0.15) is 46.3 Å². The highest BCUT2D eigenvalue weighted by Crippen LogP contribution is 2.59. The number of ether oxygens (including phenoxy) is 3. The Labute approximate surface area is 214 Å². The molecule has 0 saturated carbocycles. The molecule has 1 aliphatic rings. The lowest BCUT2D eigenvalue weighted by Gasteiger charge is -2.27. The van der Waals surface area contributed by atoms with Gasteiger partial charge in [-0.1, -0.05) is 24.3 Å². The van der Waals surface area contributed by atoms with Crippen LogP contribution in [0.15, 0.2) is 84.9 Å². The molecule has 0 spiro atoms. The lowest BCUT2D eigenvalue weighted by atomic mass is 9.75. The van der Waals surface area contributed by atoms with Crippen molar-refractivity contribution in [1.29, 1.82) is 0 Å². The fraction of sp³-hybridized carbons (Fsp3) is 0.200. The van der Waals surface area contributed by atoms with Crippen LogP contribution in [0.3, 0.4) is 0 Å². The minimum Gasteiger partial charge on any atom is -0.508 e. The van der Waals surface area contributed by atoms with E-state index in [0.717, 1.165) is 16.7 Å². The highest BCUT2D eigenvalue weighted by molar-refractivity contribution is 5.48. The maximum absolute atomic E-state index is 10.4.